The van der Waals surface area contributed by atoms with Crippen molar-refractivity contribution < 1.29 is 4.39 Å². The molecule has 0 saturated heterocycles. The van der Waals surface area contributed by atoms with Gasteiger partial charge in [-0.05, 0) is 50.5 Å². The molecule has 1 N–H and O–H groups in total. The Morgan fingerprint density at radius 3 is 2.53 bits per heavy atom. The minimum atomic E-state index is -0.178. The minimum absolute atomic E-state index is 0.178. The van der Waals surface area contributed by atoms with Crippen LogP contribution in [0.4, 0.5) is 10.3 Å². The van der Waals surface area contributed by atoms with Gasteiger partial charge in [0.2, 0.25) is 5.95 Å². The van der Waals surface area contributed by atoms with Crippen LogP contribution in [0.25, 0.3) is 0 Å². The lowest BCUT2D eigenvalue weighted by molar-refractivity contribution is 0.624. The van der Waals surface area contributed by atoms with E-state index in [1.807, 2.05) is 26.0 Å². The average molecular weight is 259 g/mol. The number of hydrogen-bond acceptors (Lipinski definition) is 3. The zero-order chi connectivity index (χ0) is 13.7. The quantitative estimate of drug-likeness (QED) is 0.837. The van der Waals surface area contributed by atoms with Crippen molar-refractivity contribution in [3.8, 4) is 0 Å². The van der Waals surface area contributed by atoms with Crippen molar-refractivity contribution in [3.63, 3.8) is 0 Å². The Hall–Kier alpha value is -1.97. The summed E-state index contributed by atoms with van der Waals surface area (Å²) in [6.45, 7) is 4.68. The average Bonchev–Trinajstić information content (AvgIpc) is 2.34. The first-order valence-corrected chi connectivity index (χ1v) is 6.44. The molecule has 0 fully saturated rings. The lowest BCUT2D eigenvalue weighted by atomic mass is 10.1. The number of rotatable bonds is 5. The van der Waals surface area contributed by atoms with Crippen molar-refractivity contribution >= 4 is 5.95 Å². The molecule has 2 aromatic rings. The maximum atomic E-state index is 13.0. The third-order valence-electron chi connectivity index (χ3n) is 2.80. The van der Waals surface area contributed by atoms with Gasteiger partial charge in [0.15, 0.2) is 0 Å². The van der Waals surface area contributed by atoms with Crippen LogP contribution in [0.1, 0.15) is 23.4 Å². The molecular weight excluding hydrogens is 241 g/mol. The Morgan fingerprint density at radius 1 is 1.11 bits per heavy atom. The number of nitrogens with zero attached hydrogens (tertiary/aromatic N) is 2. The van der Waals surface area contributed by atoms with Crippen LogP contribution < -0.4 is 5.32 Å². The Morgan fingerprint density at radius 2 is 1.84 bits per heavy atom. The molecule has 4 heteroatoms. The molecule has 1 heterocycles. The zero-order valence-electron chi connectivity index (χ0n) is 11.3. The fraction of sp³-hybridized carbons (Fsp3) is 0.333. The highest BCUT2D eigenvalue weighted by atomic mass is 19.1. The van der Waals surface area contributed by atoms with Gasteiger partial charge in [0.1, 0.15) is 5.82 Å². The van der Waals surface area contributed by atoms with Gasteiger partial charge in [0.25, 0.3) is 0 Å². The van der Waals surface area contributed by atoms with Crippen LogP contribution in [0, 0.1) is 19.7 Å². The molecule has 0 aliphatic heterocycles. The summed E-state index contributed by atoms with van der Waals surface area (Å²) >= 11 is 0. The van der Waals surface area contributed by atoms with E-state index in [9.17, 15) is 4.39 Å². The summed E-state index contributed by atoms with van der Waals surface area (Å²) in [5.41, 5.74) is 2.93. The first-order valence-electron chi connectivity index (χ1n) is 6.44. The van der Waals surface area contributed by atoms with Crippen molar-refractivity contribution in [1.82, 2.24) is 9.97 Å². The van der Waals surface area contributed by atoms with E-state index in [0.717, 1.165) is 36.3 Å². The molecule has 1 aromatic carbocycles. The van der Waals surface area contributed by atoms with Crippen molar-refractivity contribution in [2.45, 2.75) is 26.7 Å². The number of benzene rings is 1. The van der Waals surface area contributed by atoms with Gasteiger partial charge in [-0.3, -0.25) is 0 Å². The van der Waals surface area contributed by atoms with Crippen LogP contribution >= 0.6 is 0 Å². The Balaban J connectivity index is 1.80. The van der Waals surface area contributed by atoms with Gasteiger partial charge in [0, 0.05) is 17.9 Å². The molecule has 3 nitrogen and oxygen atoms in total. The summed E-state index contributed by atoms with van der Waals surface area (Å²) in [6, 6.07) is 8.66. The fourth-order valence-corrected chi connectivity index (χ4v) is 1.99. The number of halogens is 1. The van der Waals surface area contributed by atoms with Gasteiger partial charge in [-0.15, -0.1) is 0 Å². The number of anilines is 1. The van der Waals surface area contributed by atoms with Gasteiger partial charge in [-0.25, -0.2) is 14.4 Å². The predicted molar refractivity (Wildman–Crippen MR) is 74.7 cm³/mol. The van der Waals surface area contributed by atoms with E-state index < -0.39 is 0 Å². The van der Waals surface area contributed by atoms with Crippen molar-refractivity contribution in [3.05, 3.63) is 53.1 Å². The standard InChI is InChI=1S/C15H18FN3/c1-11-9-12(2)19-15(18-11)17-8-4-6-13-5-3-7-14(16)10-13/h3,5,7,9-10H,4,6,8H2,1-2H3,(H,17,18,19). The monoisotopic (exact) mass is 259 g/mol. The minimum Gasteiger partial charge on any atom is -0.354 e. The van der Waals surface area contributed by atoms with E-state index in [1.165, 1.54) is 6.07 Å². The Kier molecular flexibility index (Phi) is 4.44. The fourth-order valence-electron chi connectivity index (χ4n) is 1.99. The van der Waals surface area contributed by atoms with Crippen LogP contribution in [-0.2, 0) is 6.42 Å². The molecule has 0 unspecified atom stereocenters. The molecule has 2 rings (SSSR count). The molecule has 0 spiro atoms. The molecule has 0 atom stereocenters. The summed E-state index contributed by atoms with van der Waals surface area (Å²) in [6.07, 6.45) is 1.76. The van der Waals surface area contributed by atoms with Crippen LogP contribution in [0.3, 0.4) is 0 Å². The maximum Gasteiger partial charge on any atom is 0.223 e. The van der Waals surface area contributed by atoms with E-state index in [-0.39, 0.29) is 5.82 Å². The second-order valence-electron chi connectivity index (χ2n) is 4.63. The number of aromatic nitrogens is 2. The molecule has 0 aliphatic carbocycles. The highest BCUT2D eigenvalue weighted by Crippen LogP contribution is 2.07. The first-order chi connectivity index (χ1) is 9.13. The topological polar surface area (TPSA) is 37.8 Å². The van der Waals surface area contributed by atoms with Crippen LogP contribution in [-0.4, -0.2) is 16.5 Å². The lowest BCUT2D eigenvalue weighted by Crippen LogP contribution is -2.07. The molecule has 0 radical (unpaired) electrons. The van der Waals surface area contributed by atoms with Crippen molar-refractivity contribution in [2.24, 2.45) is 0 Å². The van der Waals surface area contributed by atoms with Gasteiger partial charge >= 0.3 is 0 Å². The van der Waals surface area contributed by atoms with Crippen LogP contribution in [0.15, 0.2) is 30.3 Å². The molecule has 1 aromatic heterocycles. The summed E-state index contributed by atoms with van der Waals surface area (Å²) in [5, 5.41) is 3.20. The van der Waals surface area contributed by atoms with Crippen molar-refractivity contribution in [2.75, 3.05) is 11.9 Å². The highest BCUT2D eigenvalue weighted by Gasteiger charge is 1.99. The molecule has 0 saturated carbocycles. The normalized spacial score (nSPS) is 10.5. The van der Waals surface area contributed by atoms with E-state index in [4.69, 9.17) is 0 Å². The largest absolute Gasteiger partial charge is 0.354 e. The zero-order valence-corrected chi connectivity index (χ0v) is 11.3. The molecule has 0 aliphatic rings. The number of hydrogen-bond donors (Lipinski definition) is 1. The predicted octanol–water partition coefficient (Wildman–Crippen LogP) is 3.28. The Bertz CT molecular complexity index is 535. The maximum absolute atomic E-state index is 13.0. The third kappa shape index (κ3) is 4.32. The molecule has 0 bridgehead atoms. The highest BCUT2D eigenvalue weighted by molar-refractivity contribution is 5.27. The number of aryl methyl sites for hydroxylation is 3. The van der Waals surface area contributed by atoms with Crippen molar-refractivity contribution in [1.29, 1.82) is 0 Å². The lowest BCUT2D eigenvalue weighted by Gasteiger charge is -2.06. The summed E-state index contributed by atoms with van der Waals surface area (Å²) in [4.78, 5) is 8.62. The molecular formula is C15H18FN3. The van der Waals surface area contributed by atoms with Crippen LogP contribution in [0.5, 0.6) is 0 Å². The molecule has 100 valence electrons. The summed E-state index contributed by atoms with van der Waals surface area (Å²) in [5.74, 6) is 0.486. The summed E-state index contributed by atoms with van der Waals surface area (Å²) in [7, 11) is 0. The van der Waals surface area contributed by atoms with E-state index in [0.29, 0.717) is 5.95 Å². The van der Waals surface area contributed by atoms with Gasteiger partial charge < -0.3 is 5.32 Å². The number of nitrogens with one attached hydrogen (secondary N) is 1. The smallest absolute Gasteiger partial charge is 0.223 e. The van der Waals surface area contributed by atoms with Gasteiger partial charge in [0.05, 0.1) is 0 Å². The Labute approximate surface area is 112 Å². The van der Waals surface area contributed by atoms with Crippen LogP contribution in [0.2, 0.25) is 0 Å². The van der Waals surface area contributed by atoms with E-state index in [2.05, 4.69) is 15.3 Å². The van der Waals surface area contributed by atoms with E-state index in [1.54, 1.807) is 12.1 Å². The first kappa shape index (κ1) is 13.5. The third-order valence-corrected chi connectivity index (χ3v) is 2.80. The second-order valence-corrected chi connectivity index (χ2v) is 4.63. The molecule has 0 amide bonds. The molecule has 19 heavy (non-hydrogen) atoms. The SMILES string of the molecule is Cc1cc(C)nc(NCCCc2cccc(F)c2)n1. The van der Waals surface area contributed by atoms with Gasteiger partial charge in [-0.2, -0.15) is 0 Å². The second kappa shape index (κ2) is 6.27. The van der Waals surface area contributed by atoms with Gasteiger partial charge in [-0.1, -0.05) is 12.1 Å². The summed E-state index contributed by atoms with van der Waals surface area (Å²) < 4.78 is 13.0. The van der Waals surface area contributed by atoms with E-state index >= 15 is 0 Å².